The first-order valence-corrected chi connectivity index (χ1v) is 11.5. The molecule has 9 heteroatoms. The van der Waals surface area contributed by atoms with Crippen LogP contribution in [0.4, 0.5) is 14.5 Å². The van der Waals surface area contributed by atoms with Gasteiger partial charge < -0.3 is 5.32 Å². The summed E-state index contributed by atoms with van der Waals surface area (Å²) in [5.41, 5.74) is 1.07. The lowest BCUT2D eigenvalue weighted by molar-refractivity contribution is -0.121. The van der Waals surface area contributed by atoms with Crippen LogP contribution in [0.15, 0.2) is 48.5 Å². The van der Waals surface area contributed by atoms with Gasteiger partial charge in [0.15, 0.2) is 11.6 Å². The van der Waals surface area contributed by atoms with Crippen molar-refractivity contribution in [3.63, 3.8) is 0 Å². The molecule has 1 N–H and O–H groups in total. The zero-order valence-electron chi connectivity index (χ0n) is 15.6. The van der Waals surface area contributed by atoms with E-state index in [0.29, 0.717) is 12.3 Å². The zero-order chi connectivity index (χ0) is 20.7. The van der Waals surface area contributed by atoms with E-state index in [0.717, 1.165) is 34.5 Å². The van der Waals surface area contributed by atoms with Crippen molar-refractivity contribution < 1.29 is 22.0 Å². The van der Waals surface area contributed by atoms with Crippen LogP contribution in [-0.4, -0.2) is 38.9 Å². The smallest absolute Gasteiger partial charge is 0.243 e. The first-order valence-electron chi connectivity index (χ1n) is 8.54. The van der Waals surface area contributed by atoms with E-state index in [1.165, 1.54) is 12.5 Å². The number of hydrogen-bond acceptors (Lipinski definition) is 4. The normalized spacial score (nSPS) is 12.4. The minimum atomic E-state index is -3.88. The number of carbonyl (C=O) groups excluding carboxylic acids is 1. The van der Waals surface area contributed by atoms with Crippen LogP contribution in [0.1, 0.15) is 12.5 Å². The molecule has 1 amide bonds. The number of amides is 1. The van der Waals surface area contributed by atoms with Gasteiger partial charge in [-0.3, -0.25) is 9.10 Å². The third kappa shape index (κ3) is 6.20. The molecule has 0 aromatic heterocycles. The third-order valence-corrected chi connectivity index (χ3v) is 6.18. The maximum atomic E-state index is 13.5. The highest BCUT2D eigenvalue weighted by Gasteiger charge is 2.29. The molecule has 0 aliphatic rings. The van der Waals surface area contributed by atoms with Crippen molar-refractivity contribution in [2.45, 2.75) is 18.7 Å². The minimum Gasteiger partial charge on any atom is -0.353 e. The monoisotopic (exact) mass is 428 g/mol. The highest BCUT2D eigenvalue weighted by Crippen LogP contribution is 2.23. The topological polar surface area (TPSA) is 66.5 Å². The summed E-state index contributed by atoms with van der Waals surface area (Å²) in [6.07, 6.45) is 0.910. The van der Waals surface area contributed by atoms with Crippen molar-refractivity contribution in [1.82, 2.24) is 5.32 Å². The summed E-state index contributed by atoms with van der Waals surface area (Å²) in [6, 6.07) is 11.5. The highest BCUT2D eigenvalue weighted by atomic mass is 32.2. The van der Waals surface area contributed by atoms with Gasteiger partial charge in [-0.15, -0.1) is 0 Å². The molecule has 5 nitrogen and oxygen atoms in total. The predicted octanol–water partition coefficient (Wildman–Crippen LogP) is 3.17. The van der Waals surface area contributed by atoms with Crippen LogP contribution in [0.25, 0.3) is 0 Å². The van der Waals surface area contributed by atoms with Crippen LogP contribution >= 0.6 is 11.8 Å². The number of sulfonamides is 1. The summed E-state index contributed by atoms with van der Waals surface area (Å²) in [7, 11) is -3.88. The largest absolute Gasteiger partial charge is 0.353 e. The van der Waals surface area contributed by atoms with Crippen molar-refractivity contribution in [2.24, 2.45) is 0 Å². The fraction of sp³-hybridized carbons (Fsp3) is 0.316. The summed E-state index contributed by atoms with van der Waals surface area (Å²) in [4.78, 5) is 12.4. The molecule has 0 bridgehead atoms. The van der Waals surface area contributed by atoms with E-state index in [1.807, 2.05) is 30.3 Å². The number of halogens is 2. The Balaban J connectivity index is 1.95. The lowest BCUT2D eigenvalue weighted by Crippen LogP contribution is -2.48. The molecule has 0 aliphatic heterocycles. The molecule has 0 aliphatic carbocycles. The molecular formula is C19H22F2N2O3S2. The molecule has 0 fully saturated rings. The second-order valence-corrected chi connectivity index (χ2v) is 9.13. The van der Waals surface area contributed by atoms with Crippen LogP contribution in [0.3, 0.4) is 0 Å². The number of nitrogens with one attached hydrogen (secondary N) is 1. The van der Waals surface area contributed by atoms with Crippen molar-refractivity contribution in [3.05, 3.63) is 65.7 Å². The van der Waals surface area contributed by atoms with Gasteiger partial charge in [0, 0.05) is 24.1 Å². The number of carbonyl (C=O) groups is 1. The molecule has 0 spiro atoms. The van der Waals surface area contributed by atoms with Gasteiger partial charge in [0.05, 0.1) is 11.9 Å². The molecule has 2 aromatic carbocycles. The van der Waals surface area contributed by atoms with E-state index in [4.69, 9.17) is 0 Å². The quantitative estimate of drug-likeness (QED) is 0.623. The average Bonchev–Trinajstić information content (AvgIpc) is 2.64. The van der Waals surface area contributed by atoms with Gasteiger partial charge in [-0.1, -0.05) is 30.3 Å². The van der Waals surface area contributed by atoms with Crippen molar-refractivity contribution >= 4 is 33.4 Å². The summed E-state index contributed by atoms with van der Waals surface area (Å²) in [5, 5.41) is 2.68. The van der Waals surface area contributed by atoms with Gasteiger partial charge in [-0.05, 0) is 24.6 Å². The van der Waals surface area contributed by atoms with Crippen molar-refractivity contribution in [3.8, 4) is 0 Å². The first-order chi connectivity index (χ1) is 13.2. The van der Waals surface area contributed by atoms with Gasteiger partial charge in [0.2, 0.25) is 15.9 Å². The molecule has 1 atom stereocenters. The number of rotatable bonds is 9. The summed E-state index contributed by atoms with van der Waals surface area (Å²) < 4.78 is 51.7. The Kier molecular flexibility index (Phi) is 7.82. The van der Waals surface area contributed by atoms with Gasteiger partial charge >= 0.3 is 0 Å². The van der Waals surface area contributed by atoms with Gasteiger partial charge in [0.25, 0.3) is 0 Å². The lowest BCUT2D eigenvalue weighted by Gasteiger charge is -2.28. The Labute approximate surface area is 168 Å². The zero-order valence-corrected chi connectivity index (χ0v) is 17.2. The standard InChI is InChI=1S/C19H22F2N2O3S2/c1-14(19(24)22-10-11-27-13-15-6-4-3-5-7-15)23(28(2,25)26)16-8-9-17(20)18(21)12-16/h3-9,12,14H,10-11,13H2,1-2H3,(H,22,24)/t14-/m1/s1. The number of hydrogen-bond donors (Lipinski definition) is 1. The SMILES string of the molecule is C[C@H](C(=O)NCCSCc1ccccc1)N(c1ccc(F)c(F)c1)S(C)(=O)=O. The van der Waals surface area contributed by atoms with Gasteiger partial charge in [-0.25, -0.2) is 17.2 Å². The Bertz CT molecular complexity index is 909. The molecule has 28 heavy (non-hydrogen) atoms. The second-order valence-electron chi connectivity index (χ2n) is 6.16. The predicted molar refractivity (Wildman–Crippen MR) is 109 cm³/mol. The Morgan fingerprint density at radius 2 is 1.82 bits per heavy atom. The van der Waals surface area contributed by atoms with Crippen LogP contribution in [-0.2, 0) is 20.6 Å². The Morgan fingerprint density at radius 3 is 2.43 bits per heavy atom. The first kappa shape index (κ1) is 22.2. The number of thioether (sulfide) groups is 1. The molecule has 0 saturated carbocycles. The highest BCUT2D eigenvalue weighted by molar-refractivity contribution is 7.98. The van der Waals surface area contributed by atoms with E-state index in [1.54, 1.807) is 11.8 Å². The molecular weight excluding hydrogens is 406 g/mol. The van der Waals surface area contributed by atoms with Gasteiger partial charge in [-0.2, -0.15) is 11.8 Å². The lowest BCUT2D eigenvalue weighted by atomic mass is 10.2. The Morgan fingerprint density at radius 1 is 1.14 bits per heavy atom. The van der Waals surface area contributed by atoms with E-state index >= 15 is 0 Å². The van der Waals surface area contributed by atoms with E-state index in [-0.39, 0.29) is 5.69 Å². The third-order valence-electron chi connectivity index (χ3n) is 3.90. The fourth-order valence-electron chi connectivity index (χ4n) is 2.59. The molecule has 0 saturated heterocycles. The van der Waals surface area contributed by atoms with Crippen molar-refractivity contribution in [1.29, 1.82) is 0 Å². The molecule has 0 radical (unpaired) electrons. The average molecular weight is 429 g/mol. The minimum absolute atomic E-state index is 0.109. The van der Waals surface area contributed by atoms with E-state index in [9.17, 15) is 22.0 Å². The van der Waals surface area contributed by atoms with E-state index in [2.05, 4.69) is 5.32 Å². The summed E-state index contributed by atoms with van der Waals surface area (Å²) >= 11 is 1.64. The number of benzene rings is 2. The van der Waals surface area contributed by atoms with Crippen LogP contribution in [0.2, 0.25) is 0 Å². The van der Waals surface area contributed by atoms with Gasteiger partial charge in [0.1, 0.15) is 6.04 Å². The number of nitrogens with zero attached hydrogens (tertiary/aromatic N) is 1. The van der Waals surface area contributed by atoms with Crippen LogP contribution < -0.4 is 9.62 Å². The Hall–Kier alpha value is -2.13. The molecule has 0 heterocycles. The van der Waals surface area contributed by atoms with Crippen LogP contribution in [0.5, 0.6) is 0 Å². The molecule has 0 unspecified atom stereocenters. The number of anilines is 1. The maximum Gasteiger partial charge on any atom is 0.243 e. The molecule has 2 rings (SSSR count). The van der Waals surface area contributed by atoms with Crippen molar-refractivity contribution in [2.75, 3.05) is 22.9 Å². The maximum absolute atomic E-state index is 13.5. The molecule has 152 valence electrons. The summed E-state index contributed by atoms with van der Waals surface area (Å²) in [5.74, 6) is -1.34. The fourth-order valence-corrected chi connectivity index (χ4v) is 4.57. The van der Waals surface area contributed by atoms with Crippen LogP contribution in [0, 0.1) is 11.6 Å². The second kappa shape index (κ2) is 9.88. The summed E-state index contributed by atoms with van der Waals surface area (Å²) in [6.45, 7) is 1.75. The molecule has 2 aromatic rings. The van der Waals surface area contributed by atoms with E-state index < -0.39 is 33.6 Å².